The molecule has 0 aromatic carbocycles. The Labute approximate surface area is 195 Å². The van der Waals surface area contributed by atoms with E-state index in [1.165, 1.54) is 82.0 Å². The van der Waals surface area contributed by atoms with Gasteiger partial charge in [-0.2, -0.15) is 0 Å². The van der Waals surface area contributed by atoms with Crippen molar-refractivity contribution in [1.29, 1.82) is 0 Å². The molecule has 0 fully saturated rings. The first-order valence-electron chi connectivity index (χ1n) is 13.2. The molecule has 0 amide bonds. The number of hydrogen-bond donors (Lipinski definition) is 0. The predicted octanol–water partition coefficient (Wildman–Crippen LogP) is 7.22. The largest absolute Gasteiger partial charge is 0.726 e. The molecule has 0 saturated heterocycles. The Kier molecular flexibility index (Phi) is 23.1. The zero-order chi connectivity index (χ0) is 24.0. The summed E-state index contributed by atoms with van der Waals surface area (Å²) in [6.45, 7) is 18.5. The first kappa shape index (κ1) is 33.0. The van der Waals surface area contributed by atoms with Gasteiger partial charge in [0, 0.05) is 0 Å². The van der Waals surface area contributed by atoms with Crippen molar-refractivity contribution >= 4 is 10.4 Å². The highest BCUT2D eigenvalue weighted by Crippen LogP contribution is 2.17. The molecule has 1 atom stereocenters. The van der Waals surface area contributed by atoms with Crippen LogP contribution in [0.5, 0.6) is 0 Å². The van der Waals surface area contributed by atoms with Gasteiger partial charge >= 0.3 is 0 Å². The maximum atomic E-state index is 10.7. The predicted molar refractivity (Wildman–Crippen MR) is 133 cm³/mol. The molecule has 1 unspecified atom stereocenters. The highest BCUT2D eigenvalue weighted by atomic mass is 32.3. The van der Waals surface area contributed by atoms with E-state index in [0.29, 0.717) is 12.8 Å². The Hall–Kier alpha value is -0.170. The molecule has 0 aliphatic heterocycles. The minimum absolute atomic E-state index is 0.420. The van der Waals surface area contributed by atoms with Gasteiger partial charge in [0.2, 0.25) is 10.4 Å². The third kappa shape index (κ3) is 21.4. The summed E-state index contributed by atoms with van der Waals surface area (Å²) in [6.07, 6.45) is 15.3. The molecule has 0 N–H and O–H groups in total. The molecule has 0 aliphatic carbocycles. The zero-order valence-corrected chi connectivity index (χ0v) is 22.6. The topological polar surface area (TPSA) is 66.4 Å². The molecule has 5 nitrogen and oxygen atoms in total. The van der Waals surface area contributed by atoms with Crippen molar-refractivity contribution in [3.63, 3.8) is 0 Å². The van der Waals surface area contributed by atoms with Gasteiger partial charge in [-0.1, -0.05) is 90.9 Å². The van der Waals surface area contributed by atoms with Crippen LogP contribution in [0.2, 0.25) is 0 Å². The first-order valence-corrected chi connectivity index (χ1v) is 14.6. The molecule has 0 aromatic heterocycles. The molecular formula is C25H55NO4S. The van der Waals surface area contributed by atoms with Gasteiger partial charge in [-0.15, -0.1) is 0 Å². The lowest BCUT2D eigenvalue weighted by atomic mass is 10.0. The third-order valence-corrected chi connectivity index (χ3v) is 7.20. The van der Waals surface area contributed by atoms with Crippen molar-refractivity contribution in [2.24, 2.45) is 0 Å². The second-order valence-electron chi connectivity index (χ2n) is 8.85. The standard InChI is InChI=1S/C17H36O4S.C8H20N/c1-3-5-7-8-9-10-11-12-13-14-16-17(15-6-4-2)21-22(18,19)20;1-5-9(6-2,7-3)8-4/h17H,3-16H2,1-2H3,(H,18,19,20);5-8H2,1-4H3/q;+1/p-1. The lowest BCUT2D eigenvalue weighted by Crippen LogP contribution is -2.47. The number of rotatable bonds is 20. The first-order chi connectivity index (χ1) is 14.7. The summed E-state index contributed by atoms with van der Waals surface area (Å²) in [5, 5.41) is 0. The van der Waals surface area contributed by atoms with E-state index in [9.17, 15) is 13.0 Å². The van der Waals surface area contributed by atoms with Crippen molar-refractivity contribution in [3.05, 3.63) is 0 Å². The second kappa shape index (κ2) is 21.7. The molecule has 0 bridgehead atoms. The van der Waals surface area contributed by atoms with E-state index in [0.717, 1.165) is 25.7 Å². The van der Waals surface area contributed by atoms with Crippen LogP contribution in [0.1, 0.15) is 131 Å². The maximum Gasteiger partial charge on any atom is 0.217 e. The molecular weight excluding hydrogens is 410 g/mol. The van der Waals surface area contributed by atoms with Gasteiger partial charge in [-0.05, 0) is 40.5 Å². The molecule has 190 valence electrons. The molecule has 0 spiro atoms. The Morgan fingerprint density at radius 1 is 0.613 bits per heavy atom. The van der Waals surface area contributed by atoms with Crippen LogP contribution in [0, 0.1) is 0 Å². The van der Waals surface area contributed by atoms with Crippen LogP contribution in [0.3, 0.4) is 0 Å². The fraction of sp³-hybridized carbons (Fsp3) is 1.00. The summed E-state index contributed by atoms with van der Waals surface area (Å²) >= 11 is 0. The Morgan fingerprint density at radius 2 is 0.968 bits per heavy atom. The molecule has 6 heteroatoms. The fourth-order valence-electron chi connectivity index (χ4n) is 4.04. The normalized spacial score (nSPS) is 13.0. The molecule has 0 aliphatic rings. The summed E-state index contributed by atoms with van der Waals surface area (Å²) in [4.78, 5) is 0. The lowest BCUT2D eigenvalue weighted by Gasteiger charge is -2.34. The molecule has 0 heterocycles. The maximum absolute atomic E-state index is 10.7. The number of nitrogens with zero attached hydrogens (tertiary/aromatic N) is 1. The quantitative estimate of drug-likeness (QED) is 0.0824. The van der Waals surface area contributed by atoms with Crippen molar-refractivity contribution < 1.29 is 21.6 Å². The van der Waals surface area contributed by atoms with Crippen LogP contribution in [-0.2, 0) is 14.6 Å². The van der Waals surface area contributed by atoms with E-state index in [1.807, 2.05) is 6.92 Å². The van der Waals surface area contributed by atoms with Crippen molar-refractivity contribution in [2.75, 3.05) is 26.2 Å². The van der Waals surface area contributed by atoms with Gasteiger partial charge in [0.15, 0.2) is 0 Å². The second-order valence-corrected chi connectivity index (χ2v) is 9.85. The van der Waals surface area contributed by atoms with Gasteiger partial charge in [0.1, 0.15) is 0 Å². The molecule has 0 aromatic rings. The van der Waals surface area contributed by atoms with E-state index in [2.05, 4.69) is 38.8 Å². The highest BCUT2D eigenvalue weighted by molar-refractivity contribution is 7.80. The van der Waals surface area contributed by atoms with Crippen LogP contribution in [0.25, 0.3) is 0 Å². The molecule has 0 saturated carbocycles. The van der Waals surface area contributed by atoms with E-state index in [4.69, 9.17) is 0 Å². The van der Waals surface area contributed by atoms with Crippen LogP contribution < -0.4 is 0 Å². The van der Waals surface area contributed by atoms with E-state index >= 15 is 0 Å². The fourth-order valence-corrected chi connectivity index (χ4v) is 4.57. The molecule has 0 radical (unpaired) electrons. The van der Waals surface area contributed by atoms with E-state index in [-0.39, 0.29) is 0 Å². The van der Waals surface area contributed by atoms with Crippen molar-refractivity contribution in [1.82, 2.24) is 0 Å². The molecule has 31 heavy (non-hydrogen) atoms. The van der Waals surface area contributed by atoms with E-state index < -0.39 is 16.5 Å². The number of hydrogen-bond acceptors (Lipinski definition) is 4. The minimum Gasteiger partial charge on any atom is -0.726 e. The van der Waals surface area contributed by atoms with Gasteiger partial charge in [0.05, 0.1) is 32.3 Å². The minimum atomic E-state index is -4.57. The Morgan fingerprint density at radius 3 is 1.29 bits per heavy atom. The number of unbranched alkanes of at least 4 members (excludes halogenated alkanes) is 10. The average molecular weight is 466 g/mol. The SMILES string of the molecule is CCCCCCCCCCCCC(CCCC)OS(=O)(=O)[O-].CC[N+](CC)(CC)CC. The van der Waals surface area contributed by atoms with Gasteiger partial charge in [-0.25, -0.2) is 8.42 Å². The summed E-state index contributed by atoms with van der Waals surface area (Å²) in [6, 6.07) is 0. The monoisotopic (exact) mass is 465 g/mol. The summed E-state index contributed by atoms with van der Waals surface area (Å²) < 4.78 is 38.0. The third-order valence-electron chi connectivity index (χ3n) is 6.70. The zero-order valence-electron chi connectivity index (χ0n) is 21.8. The van der Waals surface area contributed by atoms with Crippen molar-refractivity contribution in [2.45, 2.75) is 138 Å². The number of quaternary nitrogens is 1. The van der Waals surface area contributed by atoms with Crippen LogP contribution in [0.15, 0.2) is 0 Å². The van der Waals surface area contributed by atoms with Gasteiger partial charge in [-0.3, -0.25) is 4.18 Å². The lowest BCUT2D eigenvalue weighted by molar-refractivity contribution is -0.921. The summed E-state index contributed by atoms with van der Waals surface area (Å²) in [7, 11) is -4.57. The van der Waals surface area contributed by atoms with Crippen molar-refractivity contribution in [3.8, 4) is 0 Å². The highest BCUT2D eigenvalue weighted by Gasteiger charge is 2.16. The van der Waals surface area contributed by atoms with Gasteiger partial charge < -0.3 is 9.04 Å². The molecule has 0 rings (SSSR count). The average Bonchev–Trinajstić information content (AvgIpc) is 2.74. The Bertz CT molecular complexity index is 447. The van der Waals surface area contributed by atoms with Gasteiger partial charge in [0.25, 0.3) is 0 Å². The smallest absolute Gasteiger partial charge is 0.217 e. The van der Waals surface area contributed by atoms with Crippen LogP contribution in [-0.4, -0.2) is 49.7 Å². The van der Waals surface area contributed by atoms with E-state index in [1.54, 1.807) is 0 Å². The van der Waals surface area contributed by atoms with Crippen LogP contribution in [0.4, 0.5) is 0 Å². The summed E-state index contributed by atoms with van der Waals surface area (Å²) in [5.74, 6) is 0. The summed E-state index contributed by atoms with van der Waals surface area (Å²) in [5.41, 5.74) is 0. The Balaban J connectivity index is 0. The van der Waals surface area contributed by atoms with Crippen LogP contribution >= 0.6 is 0 Å².